The second-order valence-corrected chi connectivity index (χ2v) is 19.7. The molecule has 0 aromatic rings. The number of ether oxygens (including phenoxy) is 5. The van der Waals surface area contributed by atoms with Crippen molar-refractivity contribution in [3.8, 4) is 0 Å². The first-order valence-electron chi connectivity index (χ1n) is 28.0. The van der Waals surface area contributed by atoms with Crippen molar-refractivity contribution in [1.29, 1.82) is 0 Å². The van der Waals surface area contributed by atoms with Crippen molar-refractivity contribution >= 4 is 29.8 Å². The number of rotatable bonds is 50. The molecule has 0 bridgehead atoms. The third kappa shape index (κ3) is 45.5. The first kappa shape index (κ1) is 64.3. The smallest absolute Gasteiger partial charge is 0.306 e. The summed E-state index contributed by atoms with van der Waals surface area (Å²) in [6.45, 7) is 9.73. The van der Waals surface area contributed by atoms with E-state index in [9.17, 15) is 24.0 Å². The molecule has 67 heavy (non-hydrogen) atoms. The maximum absolute atomic E-state index is 12.8. The van der Waals surface area contributed by atoms with Crippen molar-refractivity contribution in [2.75, 3.05) is 40.5 Å². The molecule has 0 aliphatic rings. The molecule has 0 fully saturated rings. The molecule has 0 amide bonds. The molecule has 2 atom stereocenters. The van der Waals surface area contributed by atoms with Gasteiger partial charge in [0, 0.05) is 32.1 Å². The van der Waals surface area contributed by atoms with Crippen molar-refractivity contribution in [3.63, 3.8) is 0 Å². The summed E-state index contributed by atoms with van der Waals surface area (Å²) in [5.41, 5.74) is 0. The highest BCUT2D eigenvalue weighted by Gasteiger charge is 2.21. The molecule has 0 saturated carbocycles. The Morgan fingerprint density at radius 2 is 0.627 bits per heavy atom. The van der Waals surface area contributed by atoms with Gasteiger partial charge in [-0.2, -0.15) is 0 Å². The van der Waals surface area contributed by atoms with Crippen LogP contribution in [0.3, 0.4) is 0 Å². The Morgan fingerprint density at radius 1 is 0.328 bits per heavy atom. The normalized spacial score (nSPS) is 12.3. The Labute approximate surface area is 411 Å². The van der Waals surface area contributed by atoms with Crippen LogP contribution in [0.25, 0.3) is 0 Å². The monoisotopic (exact) mass is 952 g/mol. The van der Waals surface area contributed by atoms with Crippen LogP contribution in [0.15, 0.2) is 0 Å². The predicted molar refractivity (Wildman–Crippen MR) is 273 cm³/mol. The third-order valence-corrected chi connectivity index (χ3v) is 12.6. The van der Waals surface area contributed by atoms with Crippen LogP contribution in [-0.2, 0) is 47.7 Å². The Balaban J connectivity index is 4.72. The van der Waals surface area contributed by atoms with Crippen LogP contribution in [0.1, 0.15) is 272 Å². The minimum atomic E-state index is -0.919. The van der Waals surface area contributed by atoms with Gasteiger partial charge in [-0.15, -0.1) is 0 Å². The van der Waals surface area contributed by atoms with Gasteiger partial charge in [-0.05, 0) is 97.2 Å². The first-order valence-corrected chi connectivity index (χ1v) is 28.0. The van der Waals surface area contributed by atoms with Crippen molar-refractivity contribution in [3.05, 3.63) is 0 Å². The van der Waals surface area contributed by atoms with Gasteiger partial charge in [0.2, 0.25) is 0 Å². The standard InChI is InChI=1S/C56H105NO10/c1-7-11-15-19-22-28-37-49(36-27-18-14-10-4)46-63-52(58)40-31-25-26-32-41-53(59)64-47-51(67-56(62)44-35-45-57(5)6)48-65-54(60)42-33-34-43-55(61)66-50(38-29-23-20-16-12-8-2)39-30-24-21-17-13-9-3/h49-51H,7-48H2,1-6H3. The minimum Gasteiger partial charge on any atom is -0.465 e. The lowest BCUT2D eigenvalue weighted by molar-refractivity contribution is -0.167. The maximum Gasteiger partial charge on any atom is 0.306 e. The number of unbranched alkanes of at least 4 members (excludes halogenated alkanes) is 22. The molecule has 0 N–H and O–H groups in total. The first-order chi connectivity index (χ1) is 32.5. The van der Waals surface area contributed by atoms with E-state index in [1.807, 2.05) is 19.0 Å². The van der Waals surface area contributed by atoms with Crippen LogP contribution in [0.5, 0.6) is 0 Å². The Kier molecular flexibility index (Phi) is 46.4. The topological polar surface area (TPSA) is 135 Å². The van der Waals surface area contributed by atoms with Crippen LogP contribution in [-0.4, -0.2) is 87.4 Å². The number of carbonyl (C=O) groups excluding carboxylic acids is 5. The molecular weight excluding hydrogens is 847 g/mol. The predicted octanol–water partition coefficient (Wildman–Crippen LogP) is 14.5. The van der Waals surface area contributed by atoms with E-state index in [2.05, 4.69) is 27.7 Å². The van der Waals surface area contributed by atoms with E-state index in [1.54, 1.807) is 0 Å². The van der Waals surface area contributed by atoms with Gasteiger partial charge in [0.05, 0.1) is 6.61 Å². The van der Waals surface area contributed by atoms with Crippen molar-refractivity contribution < 1.29 is 47.7 Å². The highest BCUT2D eigenvalue weighted by atomic mass is 16.6. The molecular formula is C56H105NO10. The minimum absolute atomic E-state index is 0.0406. The van der Waals surface area contributed by atoms with E-state index in [-0.39, 0.29) is 56.9 Å². The SMILES string of the molecule is CCCCCCCCC(CCCCCC)COC(=O)CCCCCCC(=O)OCC(COC(=O)CCCCC(=O)OC(CCCCCCCC)CCCCCCCC)OC(=O)CCCN(C)C. The molecule has 0 aromatic heterocycles. The van der Waals surface area contributed by atoms with Crippen LogP contribution >= 0.6 is 0 Å². The van der Waals surface area contributed by atoms with Crippen LogP contribution in [0, 0.1) is 5.92 Å². The highest BCUT2D eigenvalue weighted by molar-refractivity contribution is 5.72. The molecule has 0 saturated heterocycles. The zero-order chi connectivity index (χ0) is 49.4. The van der Waals surface area contributed by atoms with E-state index in [0.29, 0.717) is 51.0 Å². The van der Waals surface area contributed by atoms with Crippen LogP contribution in [0.4, 0.5) is 0 Å². The van der Waals surface area contributed by atoms with E-state index in [4.69, 9.17) is 23.7 Å². The largest absolute Gasteiger partial charge is 0.465 e. The molecule has 2 unspecified atom stereocenters. The summed E-state index contributed by atoms with van der Waals surface area (Å²) < 4.78 is 28.2. The van der Waals surface area contributed by atoms with Gasteiger partial charge in [0.25, 0.3) is 0 Å². The average molecular weight is 952 g/mol. The molecule has 0 aliphatic carbocycles. The summed E-state index contributed by atoms with van der Waals surface area (Å²) in [4.78, 5) is 65.4. The van der Waals surface area contributed by atoms with Gasteiger partial charge >= 0.3 is 29.8 Å². The molecule has 394 valence electrons. The maximum atomic E-state index is 12.8. The van der Waals surface area contributed by atoms with Gasteiger partial charge in [0.1, 0.15) is 19.3 Å². The van der Waals surface area contributed by atoms with Gasteiger partial charge < -0.3 is 28.6 Å². The zero-order valence-corrected chi connectivity index (χ0v) is 44.5. The van der Waals surface area contributed by atoms with Gasteiger partial charge in [-0.25, -0.2) is 0 Å². The lowest BCUT2D eigenvalue weighted by Gasteiger charge is -2.19. The molecule has 0 aromatic carbocycles. The summed E-state index contributed by atoms with van der Waals surface area (Å²) >= 11 is 0. The van der Waals surface area contributed by atoms with Crippen molar-refractivity contribution in [1.82, 2.24) is 4.90 Å². The lowest BCUT2D eigenvalue weighted by atomic mass is 9.95. The second kappa shape index (κ2) is 48.3. The molecule has 0 heterocycles. The summed E-state index contributed by atoms with van der Waals surface area (Å²) in [5, 5.41) is 0. The zero-order valence-electron chi connectivity index (χ0n) is 44.5. The van der Waals surface area contributed by atoms with Crippen molar-refractivity contribution in [2.45, 2.75) is 284 Å². The van der Waals surface area contributed by atoms with Gasteiger partial charge in [-0.3, -0.25) is 24.0 Å². The molecule has 11 heteroatoms. The van der Waals surface area contributed by atoms with E-state index in [0.717, 1.165) is 57.9 Å². The van der Waals surface area contributed by atoms with E-state index >= 15 is 0 Å². The number of hydrogen-bond donors (Lipinski definition) is 0. The highest BCUT2D eigenvalue weighted by Crippen LogP contribution is 2.21. The summed E-state index contributed by atoms with van der Waals surface area (Å²) in [5.74, 6) is -1.21. The Hall–Kier alpha value is -2.69. The number of hydrogen-bond acceptors (Lipinski definition) is 11. The fourth-order valence-corrected chi connectivity index (χ4v) is 8.33. The Bertz CT molecular complexity index is 1160. The average Bonchev–Trinajstić information content (AvgIpc) is 3.30. The lowest BCUT2D eigenvalue weighted by Crippen LogP contribution is -2.31. The number of nitrogens with zero attached hydrogens (tertiary/aromatic N) is 1. The molecule has 0 radical (unpaired) electrons. The van der Waals surface area contributed by atoms with E-state index in [1.165, 1.54) is 128 Å². The molecule has 0 rings (SSSR count). The van der Waals surface area contributed by atoms with Crippen LogP contribution < -0.4 is 0 Å². The van der Waals surface area contributed by atoms with Crippen LogP contribution in [0.2, 0.25) is 0 Å². The quantitative estimate of drug-likeness (QED) is 0.0328. The van der Waals surface area contributed by atoms with E-state index < -0.39 is 24.0 Å². The second-order valence-electron chi connectivity index (χ2n) is 19.7. The molecule has 0 spiro atoms. The van der Waals surface area contributed by atoms with Gasteiger partial charge in [0.15, 0.2) is 6.10 Å². The van der Waals surface area contributed by atoms with Crippen molar-refractivity contribution in [2.24, 2.45) is 5.92 Å². The third-order valence-electron chi connectivity index (χ3n) is 12.6. The Morgan fingerprint density at radius 3 is 1.04 bits per heavy atom. The molecule has 11 nitrogen and oxygen atoms in total. The number of esters is 5. The summed E-state index contributed by atoms with van der Waals surface area (Å²) in [7, 11) is 3.86. The summed E-state index contributed by atoms with van der Waals surface area (Å²) in [6, 6.07) is 0. The number of carbonyl (C=O) groups is 5. The summed E-state index contributed by atoms with van der Waals surface area (Å²) in [6.07, 6.45) is 35.8. The van der Waals surface area contributed by atoms with Gasteiger partial charge in [-0.1, -0.05) is 169 Å². The molecule has 0 aliphatic heterocycles. The fourth-order valence-electron chi connectivity index (χ4n) is 8.33. The fraction of sp³-hybridized carbons (Fsp3) is 0.911.